The van der Waals surface area contributed by atoms with Gasteiger partial charge in [0, 0.05) is 25.7 Å². The summed E-state index contributed by atoms with van der Waals surface area (Å²) < 4.78 is 68.8. The second-order valence-electron chi connectivity index (χ2n) is 31.8. The summed E-state index contributed by atoms with van der Waals surface area (Å²) in [4.78, 5) is 73.2. The lowest BCUT2D eigenvalue weighted by Crippen LogP contribution is -2.30. The first kappa shape index (κ1) is 102. The van der Waals surface area contributed by atoms with Crippen LogP contribution < -0.4 is 0 Å². The van der Waals surface area contributed by atoms with Crippen LogP contribution in [0.2, 0.25) is 0 Å². The number of carbonyl (C=O) groups is 4. The van der Waals surface area contributed by atoms with Gasteiger partial charge in [-0.1, -0.05) is 395 Å². The number of phosphoric acid groups is 2. The highest BCUT2D eigenvalue weighted by atomic mass is 31.2. The second kappa shape index (κ2) is 75.1. The molecule has 0 aromatic rings. The van der Waals surface area contributed by atoms with Gasteiger partial charge in [0.15, 0.2) is 12.2 Å². The number of rotatable bonds is 83. The van der Waals surface area contributed by atoms with Crippen molar-refractivity contribution < 1.29 is 80.2 Å². The first-order chi connectivity index (χ1) is 50.3. The molecule has 0 aromatic carbocycles. The van der Waals surface area contributed by atoms with E-state index >= 15 is 0 Å². The predicted molar refractivity (Wildman–Crippen MR) is 428 cm³/mol. The first-order valence-corrected chi connectivity index (χ1v) is 46.9. The molecule has 3 N–H and O–H groups in total. The standard InChI is InChI=1S/C85H166O17P2/c1-8-10-11-12-13-14-15-25-33-38-47-54-61-68-84(89)102-81(73-96-83(88)67-60-53-46-41-40-43-50-57-64-77(5)6)75-100-104(93,94)98-71-79(86)70-97-103(91,92)99-74-80(72-95-82(87)66-59-52-45-37-32-28-24-20-21-26-30-35-42-49-56-63-76(3)4)101-85(90)69-62-55-48-39-34-29-23-19-17-16-18-22-27-31-36-44-51-58-65-78(7)9-2/h76-81,86H,8-75H2,1-7H3,(H,91,92)(H,93,94)/t78?,79-,80-,81-/m1/s1. The topological polar surface area (TPSA) is 237 Å². The highest BCUT2D eigenvalue weighted by molar-refractivity contribution is 7.47. The maximum atomic E-state index is 13.1. The SMILES string of the molecule is CCCCCCCCCCCCCCCC(=O)O[C@H](COC(=O)CCCCCCCCCCC(C)C)COP(=O)(O)OC[C@H](O)COP(=O)(O)OC[C@@H](COC(=O)CCCCCCCCCCCCCCCCCC(C)C)OC(=O)CCCCCCCCCCCCCCCCCCCCC(C)CC. The van der Waals surface area contributed by atoms with Gasteiger partial charge in [-0.25, -0.2) is 9.13 Å². The van der Waals surface area contributed by atoms with E-state index in [9.17, 15) is 43.2 Å². The monoisotopic (exact) mass is 1520 g/mol. The summed E-state index contributed by atoms with van der Waals surface area (Å²) in [6.45, 7) is 12.0. The molecule has 0 aliphatic heterocycles. The molecule has 0 aliphatic carbocycles. The van der Waals surface area contributed by atoms with Gasteiger partial charge in [-0.3, -0.25) is 37.3 Å². The number of unbranched alkanes of at least 4 members (excludes halogenated alkanes) is 50. The minimum absolute atomic E-state index is 0.107. The molecule has 17 nitrogen and oxygen atoms in total. The van der Waals surface area contributed by atoms with Gasteiger partial charge >= 0.3 is 39.5 Å². The molecule has 6 atom stereocenters. The fourth-order valence-electron chi connectivity index (χ4n) is 13.2. The van der Waals surface area contributed by atoms with Crippen LogP contribution in [0.25, 0.3) is 0 Å². The van der Waals surface area contributed by atoms with E-state index in [2.05, 4.69) is 48.5 Å². The molecule has 0 rings (SSSR count). The van der Waals surface area contributed by atoms with Crippen LogP contribution in [-0.4, -0.2) is 96.7 Å². The van der Waals surface area contributed by atoms with E-state index in [0.717, 1.165) is 108 Å². The quantitative estimate of drug-likeness (QED) is 0.0222. The summed E-state index contributed by atoms with van der Waals surface area (Å²) >= 11 is 0. The molecule has 0 fully saturated rings. The lowest BCUT2D eigenvalue weighted by atomic mass is 9.99. The molecule has 0 heterocycles. The third-order valence-electron chi connectivity index (χ3n) is 20.2. The van der Waals surface area contributed by atoms with Crippen molar-refractivity contribution in [1.82, 2.24) is 0 Å². The molecule has 0 radical (unpaired) electrons. The minimum atomic E-state index is -4.97. The molecular formula is C85H166O17P2. The number of esters is 4. The van der Waals surface area contributed by atoms with Crippen molar-refractivity contribution in [3.8, 4) is 0 Å². The zero-order chi connectivity index (χ0) is 76.5. The average molecular weight is 1520 g/mol. The Labute approximate surface area is 638 Å². The van der Waals surface area contributed by atoms with Gasteiger partial charge in [0.05, 0.1) is 26.4 Å². The fraction of sp³-hybridized carbons (Fsp3) is 0.953. The summed E-state index contributed by atoms with van der Waals surface area (Å²) in [5.74, 6) is 0.298. The Morgan fingerprint density at radius 1 is 0.279 bits per heavy atom. The number of phosphoric ester groups is 2. The predicted octanol–water partition coefficient (Wildman–Crippen LogP) is 25.7. The fourth-order valence-corrected chi connectivity index (χ4v) is 14.7. The normalized spacial score (nSPS) is 14.2. The molecule has 0 saturated carbocycles. The number of ether oxygens (including phenoxy) is 4. The molecular weight excluding hydrogens is 1350 g/mol. The molecule has 618 valence electrons. The Hall–Kier alpha value is -1.94. The van der Waals surface area contributed by atoms with Crippen LogP contribution in [0.4, 0.5) is 0 Å². The zero-order valence-corrected chi connectivity index (χ0v) is 70.3. The van der Waals surface area contributed by atoms with E-state index in [-0.39, 0.29) is 25.7 Å². The van der Waals surface area contributed by atoms with Crippen molar-refractivity contribution in [3.05, 3.63) is 0 Å². The highest BCUT2D eigenvalue weighted by Gasteiger charge is 2.30. The van der Waals surface area contributed by atoms with E-state index in [0.29, 0.717) is 25.7 Å². The largest absolute Gasteiger partial charge is 0.472 e. The van der Waals surface area contributed by atoms with Crippen LogP contribution in [0.15, 0.2) is 0 Å². The first-order valence-electron chi connectivity index (χ1n) is 43.9. The van der Waals surface area contributed by atoms with Gasteiger partial charge in [-0.15, -0.1) is 0 Å². The Morgan fingerprint density at radius 2 is 0.490 bits per heavy atom. The number of carbonyl (C=O) groups excluding carboxylic acids is 4. The van der Waals surface area contributed by atoms with Gasteiger partial charge in [-0.05, 0) is 43.4 Å². The van der Waals surface area contributed by atoms with Crippen molar-refractivity contribution in [2.45, 2.75) is 465 Å². The lowest BCUT2D eigenvalue weighted by molar-refractivity contribution is -0.161. The van der Waals surface area contributed by atoms with Crippen molar-refractivity contribution in [1.29, 1.82) is 0 Å². The van der Waals surface area contributed by atoms with E-state index in [1.807, 2.05) is 0 Å². The summed E-state index contributed by atoms with van der Waals surface area (Å²) in [5, 5.41) is 10.7. The summed E-state index contributed by atoms with van der Waals surface area (Å²) in [7, 11) is -9.93. The third kappa shape index (κ3) is 76.8. The smallest absolute Gasteiger partial charge is 0.462 e. The Bertz CT molecular complexity index is 2010. The molecule has 0 aliphatic rings. The van der Waals surface area contributed by atoms with Crippen LogP contribution in [0, 0.1) is 17.8 Å². The maximum Gasteiger partial charge on any atom is 0.472 e. The van der Waals surface area contributed by atoms with E-state index < -0.39 is 97.5 Å². The molecule has 0 spiro atoms. The van der Waals surface area contributed by atoms with Gasteiger partial charge < -0.3 is 33.8 Å². The van der Waals surface area contributed by atoms with Crippen LogP contribution >= 0.6 is 15.6 Å². The number of hydrogen-bond donors (Lipinski definition) is 3. The van der Waals surface area contributed by atoms with Crippen LogP contribution in [0.1, 0.15) is 447 Å². The molecule has 19 heteroatoms. The van der Waals surface area contributed by atoms with Gasteiger partial charge in [0.1, 0.15) is 19.3 Å². The Balaban J connectivity index is 5.23. The molecule has 0 amide bonds. The van der Waals surface area contributed by atoms with E-state index in [1.54, 1.807) is 0 Å². The van der Waals surface area contributed by atoms with Crippen LogP contribution in [0.3, 0.4) is 0 Å². The van der Waals surface area contributed by atoms with E-state index in [1.165, 1.54) is 257 Å². The van der Waals surface area contributed by atoms with Crippen molar-refractivity contribution in [2.24, 2.45) is 17.8 Å². The van der Waals surface area contributed by atoms with Gasteiger partial charge in [-0.2, -0.15) is 0 Å². The summed E-state index contributed by atoms with van der Waals surface area (Å²) in [6.07, 6.45) is 65.2. The van der Waals surface area contributed by atoms with Crippen molar-refractivity contribution >= 4 is 39.5 Å². The number of aliphatic hydroxyl groups excluding tert-OH is 1. The van der Waals surface area contributed by atoms with Crippen molar-refractivity contribution in [3.63, 3.8) is 0 Å². The maximum absolute atomic E-state index is 13.1. The Kier molecular flexibility index (Phi) is 73.7. The molecule has 3 unspecified atom stereocenters. The van der Waals surface area contributed by atoms with Crippen molar-refractivity contribution in [2.75, 3.05) is 39.6 Å². The Morgan fingerprint density at radius 3 is 0.731 bits per heavy atom. The average Bonchev–Trinajstić information content (AvgIpc) is 0.909. The number of hydrogen-bond acceptors (Lipinski definition) is 15. The zero-order valence-electron chi connectivity index (χ0n) is 68.5. The second-order valence-corrected chi connectivity index (χ2v) is 34.7. The highest BCUT2D eigenvalue weighted by Crippen LogP contribution is 2.45. The van der Waals surface area contributed by atoms with Gasteiger partial charge in [0.2, 0.25) is 0 Å². The van der Waals surface area contributed by atoms with Crippen LogP contribution in [-0.2, 0) is 65.4 Å². The minimum Gasteiger partial charge on any atom is -0.462 e. The number of aliphatic hydroxyl groups is 1. The van der Waals surface area contributed by atoms with Crippen LogP contribution in [0.5, 0.6) is 0 Å². The molecule has 0 aromatic heterocycles. The third-order valence-corrected chi connectivity index (χ3v) is 22.1. The lowest BCUT2D eigenvalue weighted by Gasteiger charge is -2.21. The molecule has 0 bridgehead atoms. The summed E-state index contributed by atoms with van der Waals surface area (Å²) in [6, 6.07) is 0. The molecule has 104 heavy (non-hydrogen) atoms. The molecule has 0 saturated heterocycles. The summed E-state index contributed by atoms with van der Waals surface area (Å²) in [5.41, 5.74) is 0. The van der Waals surface area contributed by atoms with E-state index in [4.69, 9.17) is 37.0 Å². The van der Waals surface area contributed by atoms with Gasteiger partial charge in [0.25, 0.3) is 0 Å².